The van der Waals surface area contributed by atoms with Crippen molar-refractivity contribution in [1.29, 1.82) is 0 Å². The monoisotopic (exact) mass is 177 g/mol. The van der Waals surface area contributed by atoms with Crippen LogP contribution in [-0.4, -0.2) is 0 Å². The Bertz CT molecular complexity index is 344. The van der Waals surface area contributed by atoms with Crippen LogP contribution in [0.2, 0.25) is 0 Å². The van der Waals surface area contributed by atoms with Gasteiger partial charge in [-0.1, -0.05) is 12.1 Å². The summed E-state index contributed by atoms with van der Waals surface area (Å²) in [6.45, 7) is 6.20. The summed E-state index contributed by atoms with van der Waals surface area (Å²) in [6, 6.07) is 6.01. The third kappa shape index (κ3) is 1.13. The fraction of sp³-hybridized carbons (Fsp3) is 0.455. The zero-order valence-electron chi connectivity index (χ0n) is 8.29. The number of hydrogen-bond acceptors (Lipinski definition) is 2. The fourth-order valence-electron chi connectivity index (χ4n) is 2.13. The SMILES string of the molecule is C[C@H]1OC(C)(C)c2cccc(N)c21. The van der Waals surface area contributed by atoms with E-state index in [9.17, 15) is 0 Å². The summed E-state index contributed by atoms with van der Waals surface area (Å²) in [6.07, 6.45) is 0.117. The van der Waals surface area contributed by atoms with Crippen molar-refractivity contribution in [3.8, 4) is 0 Å². The lowest BCUT2D eigenvalue weighted by molar-refractivity contribution is -0.0433. The second-order valence-electron chi connectivity index (χ2n) is 4.08. The van der Waals surface area contributed by atoms with Gasteiger partial charge in [0.05, 0.1) is 11.7 Å². The molecule has 2 nitrogen and oxygen atoms in total. The van der Waals surface area contributed by atoms with Crippen molar-refractivity contribution in [3.63, 3.8) is 0 Å². The van der Waals surface area contributed by atoms with Gasteiger partial charge in [-0.15, -0.1) is 0 Å². The lowest BCUT2D eigenvalue weighted by Gasteiger charge is -2.19. The van der Waals surface area contributed by atoms with E-state index in [4.69, 9.17) is 10.5 Å². The third-order valence-electron chi connectivity index (χ3n) is 2.67. The summed E-state index contributed by atoms with van der Waals surface area (Å²) in [7, 11) is 0. The molecule has 2 rings (SSSR count). The van der Waals surface area contributed by atoms with Crippen molar-refractivity contribution >= 4 is 5.69 Å². The van der Waals surface area contributed by atoms with E-state index in [1.807, 2.05) is 19.1 Å². The van der Waals surface area contributed by atoms with Gasteiger partial charge in [0.15, 0.2) is 0 Å². The van der Waals surface area contributed by atoms with Crippen molar-refractivity contribution in [1.82, 2.24) is 0 Å². The van der Waals surface area contributed by atoms with Crippen LogP contribution in [0.15, 0.2) is 18.2 Å². The molecule has 0 saturated carbocycles. The summed E-state index contributed by atoms with van der Waals surface area (Å²) >= 11 is 0. The Labute approximate surface area is 78.7 Å². The Balaban J connectivity index is 2.65. The first kappa shape index (κ1) is 8.57. The Morgan fingerprint density at radius 3 is 2.69 bits per heavy atom. The molecule has 2 N–H and O–H groups in total. The second kappa shape index (κ2) is 2.48. The molecule has 1 aromatic rings. The molecule has 1 aliphatic heterocycles. The first-order valence-corrected chi connectivity index (χ1v) is 4.59. The molecular weight excluding hydrogens is 162 g/mol. The standard InChI is InChI=1S/C11H15NO/c1-7-10-8(11(2,3)13-7)5-4-6-9(10)12/h4-7H,12H2,1-3H3/t7-/m1/s1. The quantitative estimate of drug-likeness (QED) is 0.618. The Kier molecular flexibility index (Phi) is 1.64. The molecule has 1 atom stereocenters. The topological polar surface area (TPSA) is 35.2 Å². The van der Waals surface area contributed by atoms with Crippen LogP contribution in [0.25, 0.3) is 0 Å². The van der Waals surface area contributed by atoms with Crippen molar-refractivity contribution in [3.05, 3.63) is 29.3 Å². The summed E-state index contributed by atoms with van der Waals surface area (Å²) in [5.41, 5.74) is 8.94. The summed E-state index contributed by atoms with van der Waals surface area (Å²) in [5.74, 6) is 0. The second-order valence-corrected chi connectivity index (χ2v) is 4.08. The van der Waals surface area contributed by atoms with Crippen LogP contribution in [0.4, 0.5) is 5.69 Å². The van der Waals surface area contributed by atoms with E-state index >= 15 is 0 Å². The third-order valence-corrected chi connectivity index (χ3v) is 2.67. The molecule has 70 valence electrons. The molecule has 0 unspecified atom stereocenters. The van der Waals surface area contributed by atoms with Gasteiger partial charge in [-0.3, -0.25) is 0 Å². The molecule has 0 saturated heterocycles. The normalized spacial score (nSPS) is 24.4. The molecule has 0 bridgehead atoms. The zero-order chi connectivity index (χ0) is 9.64. The maximum absolute atomic E-state index is 5.90. The van der Waals surface area contributed by atoms with Crippen LogP contribution in [0.5, 0.6) is 0 Å². The van der Waals surface area contributed by atoms with Crippen LogP contribution in [0.3, 0.4) is 0 Å². The Morgan fingerprint density at radius 1 is 1.38 bits per heavy atom. The molecule has 0 spiro atoms. The minimum absolute atomic E-state index is 0.117. The molecule has 1 aliphatic rings. The molecular formula is C11H15NO. The van der Waals surface area contributed by atoms with E-state index in [2.05, 4.69) is 19.9 Å². The maximum Gasteiger partial charge on any atom is 0.0887 e. The van der Waals surface area contributed by atoms with Gasteiger partial charge in [-0.2, -0.15) is 0 Å². The van der Waals surface area contributed by atoms with Gasteiger partial charge in [-0.25, -0.2) is 0 Å². The van der Waals surface area contributed by atoms with E-state index in [0.29, 0.717) is 0 Å². The molecule has 1 heterocycles. The number of hydrogen-bond donors (Lipinski definition) is 1. The Hall–Kier alpha value is -1.02. The zero-order valence-corrected chi connectivity index (χ0v) is 8.29. The van der Waals surface area contributed by atoms with E-state index in [0.717, 1.165) is 11.3 Å². The van der Waals surface area contributed by atoms with Gasteiger partial charge in [0.25, 0.3) is 0 Å². The van der Waals surface area contributed by atoms with Crippen molar-refractivity contribution in [2.45, 2.75) is 32.5 Å². The number of benzene rings is 1. The smallest absolute Gasteiger partial charge is 0.0887 e. The van der Waals surface area contributed by atoms with Gasteiger partial charge in [0.1, 0.15) is 0 Å². The highest BCUT2D eigenvalue weighted by atomic mass is 16.5. The number of nitrogen functional groups attached to an aromatic ring is 1. The van der Waals surface area contributed by atoms with Gasteiger partial charge in [-0.05, 0) is 32.4 Å². The highest BCUT2D eigenvalue weighted by molar-refractivity contribution is 5.55. The van der Waals surface area contributed by atoms with Crippen molar-refractivity contribution in [2.75, 3.05) is 5.73 Å². The molecule has 0 amide bonds. The van der Waals surface area contributed by atoms with Crippen molar-refractivity contribution in [2.24, 2.45) is 0 Å². The molecule has 0 radical (unpaired) electrons. The first-order valence-electron chi connectivity index (χ1n) is 4.59. The van der Waals surface area contributed by atoms with E-state index in [-0.39, 0.29) is 11.7 Å². The predicted octanol–water partition coefficient (Wildman–Crippen LogP) is 2.60. The maximum atomic E-state index is 5.90. The highest BCUT2D eigenvalue weighted by Crippen LogP contribution is 2.44. The van der Waals surface area contributed by atoms with Crippen LogP contribution >= 0.6 is 0 Å². The average molecular weight is 177 g/mol. The fourth-order valence-corrected chi connectivity index (χ4v) is 2.13. The predicted molar refractivity (Wildman–Crippen MR) is 53.4 cm³/mol. The molecule has 0 aliphatic carbocycles. The lowest BCUT2D eigenvalue weighted by Crippen LogP contribution is -2.15. The minimum atomic E-state index is -0.190. The van der Waals surface area contributed by atoms with Crippen LogP contribution < -0.4 is 5.73 Å². The Morgan fingerprint density at radius 2 is 2.08 bits per heavy atom. The number of fused-ring (bicyclic) bond motifs is 1. The number of rotatable bonds is 0. The highest BCUT2D eigenvalue weighted by Gasteiger charge is 2.36. The molecule has 0 fully saturated rings. The minimum Gasteiger partial charge on any atom is -0.398 e. The average Bonchev–Trinajstić information content (AvgIpc) is 2.24. The van der Waals surface area contributed by atoms with Gasteiger partial charge in [0.2, 0.25) is 0 Å². The van der Waals surface area contributed by atoms with Crippen LogP contribution in [-0.2, 0) is 10.3 Å². The van der Waals surface area contributed by atoms with Crippen molar-refractivity contribution < 1.29 is 4.74 Å². The van der Waals surface area contributed by atoms with Crippen LogP contribution in [0, 0.1) is 0 Å². The summed E-state index contributed by atoms with van der Waals surface area (Å²) in [4.78, 5) is 0. The molecule has 2 heteroatoms. The van der Waals surface area contributed by atoms with E-state index in [1.54, 1.807) is 0 Å². The van der Waals surface area contributed by atoms with Crippen LogP contribution in [0.1, 0.15) is 38.0 Å². The largest absolute Gasteiger partial charge is 0.398 e. The van der Waals surface area contributed by atoms with Gasteiger partial charge >= 0.3 is 0 Å². The first-order chi connectivity index (χ1) is 6.02. The molecule has 0 aromatic heterocycles. The number of ether oxygens (including phenoxy) is 1. The van der Waals surface area contributed by atoms with Gasteiger partial charge < -0.3 is 10.5 Å². The van der Waals surface area contributed by atoms with E-state index in [1.165, 1.54) is 5.56 Å². The number of anilines is 1. The summed E-state index contributed by atoms with van der Waals surface area (Å²) in [5, 5.41) is 0. The lowest BCUT2D eigenvalue weighted by atomic mass is 9.94. The van der Waals surface area contributed by atoms with Gasteiger partial charge in [0, 0.05) is 11.3 Å². The summed E-state index contributed by atoms with van der Waals surface area (Å²) < 4.78 is 5.82. The van der Waals surface area contributed by atoms with E-state index < -0.39 is 0 Å². The number of nitrogens with two attached hydrogens (primary N) is 1. The molecule has 13 heavy (non-hydrogen) atoms. The molecule has 1 aromatic carbocycles.